The smallest absolute Gasteiger partial charge is 0.193 e. The maximum atomic E-state index is 8.59. The van der Waals surface area contributed by atoms with E-state index in [4.69, 9.17) is 21.1 Å². The van der Waals surface area contributed by atoms with E-state index in [1.807, 2.05) is 17.8 Å². The van der Waals surface area contributed by atoms with E-state index in [1.54, 1.807) is 6.07 Å². The molecule has 1 N–H and O–H groups in total. The number of aliphatic hydroxyl groups is 1. The quantitative estimate of drug-likeness (QED) is 0.712. The molecule has 0 radical (unpaired) electrons. The monoisotopic (exact) mass is 248 g/mol. The first-order valence-electron chi connectivity index (χ1n) is 5.26. The van der Waals surface area contributed by atoms with Crippen LogP contribution in [0.1, 0.15) is 31.4 Å². The highest BCUT2D eigenvalue weighted by atomic mass is 35.5. The van der Waals surface area contributed by atoms with Crippen LogP contribution in [0.15, 0.2) is 16.5 Å². The summed E-state index contributed by atoms with van der Waals surface area (Å²) in [5.41, 5.74) is 0. The summed E-state index contributed by atoms with van der Waals surface area (Å²) in [6.45, 7) is 0.317. The zero-order chi connectivity index (χ0) is 10.9. The second kappa shape index (κ2) is 8.08. The van der Waals surface area contributed by atoms with Gasteiger partial charge in [0.05, 0.1) is 5.75 Å². The Morgan fingerprint density at radius 3 is 2.67 bits per heavy atom. The molecule has 0 spiro atoms. The van der Waals surface area contributed by atoms with Crippen molar-refractivity contribution in [1.82, 2.24) is 0 Å². The third-order valence-electron chi connectivity index (χ3n) is 2.07. The summed E-state index contributed by atoms with van der Waals surface area (Å²) in [5.74, 6) is 2.98. The highest BCUT2D eigenvalue weighted by molar-refractivity contribution is 7.98. The van der Waals surface area contributed by atoms with Gasteiger partial charge in [-0.2, -0.15) is 11.8 Å². The molecule has 0 aliphatic heterocycles. The summed E-state index contributed by atoms with van der Waals surface area (Å²) in [4.78, 5) is 0. The number of hydrogen-bond donors (Lipinski definition) is 1. The third kappa shape index (κ3) is 6.13. The van der Waals surface area contributed by atoms with Crippen molar-refractivity contribution < 1.29 is 9.52 Å². The molecule has 0 atom stereocenters. The minimum absolute atomic E-state index is 0.317. The summed E-state index contributed by atoms with van der Waals surface area (Å²) in [6, 6.07) is 3.69. The molecular formula is C11H17ClO2S. The Bertz CT molecular complexity index is 263. The second-order valence-corrected chi connectivity index (χ2v) is 4.87. The van der Waals surface area contributed by atoms with Gasteiger partial charge in [0, 0.05) is 6.61 Å². The molecule has 0 aliphatic carbocycles. The number of hydrogen-bond acceptors (Lipinski definition) is 3. The van der Waals surface area contributed by atoms with Crippen molar-refractivity contribution in [3.63, 3.8) is 0 Å². The van der Waals surface area contributed by atoms with Crippen LogP contribution >= 0.6 is 23.4 Å². The zero-order valence-corrected chi connectivity index (χ0v) is 10.3. The van der Waals surface area contributed by atoms with Crippen molar-refractivity contribution in [2.45, 2.75) is 31.4 Å². The van der Waals surface area contributed by atoms with Gasteiger partial charge in [0.15, 0.2) is 5.22 Å². The van der Waals surface area contributed by atoms with Crippen LogP contribution in [0.25, 0.3) is 0 Å². The van der Waals surface area contributed by atoms with Crippen molar-refractivity contribution in [2.24, 2.45) is 0 Å². The van der Waals surface area contributed by atoms with Gasteiger partial charge in [0.1, 0.15) is 5.76 Å². The number of rotatable bonds is 8. The molecule has 0 saturated heterocycles. The van der Waals surface area contributed by atoms with Crippen molar-refractivity contribution in [3.05, 3.63) is 23.1 Å². The van der Waals surface area contributed by atoms with Crippen molar-refractivity contribution in [2.75, 3.05) is 12.4 Å². The van der Waals surface area contributed by atoms with Crippen LogP contribution in [0.3, 0.4) is 0 Å². The molecule has 2 nitrogen and oxygen atoms in total. The molecule has 0 unspecified atom stereocenters. The highest BCUT2D eigenvalue weighted by Crippen LogP contribution is 2.19. The Balaban J connectivity index is 1.93. The van der Waals surface area contributed by atoms with Gasteiger partial charge >= 0.3 is 0 Å². The van der Waals surface area contributed by atoms with Crippen molar-refractivity contribution >= 4 is 23.4 Å². The maximum absolute atomic E-state index is 8.59. The summed E-state index contributed by atoms with van der Waals surface area (Å²) in [5, 5.41) is 9.06. The molecule has 1 rings (SSSR count). The average Bonchev–Trinajstić information content (AvgIpc) is 2.63. The predicted molar refractivity (Wildman–Crippen MR) is 65.4 cm³/mol. The molecule has 0 amide bonds. The molecule has 86 valence electrons. The summed E-state index contributed by atoms with van der Waals surface area (Å²) < 4.78 is 5.24. The molecule has 1 aromatic rings. The molecule has 0 fully saturated rings. The fourth-order valence-electron chi connectivity index (χ4n) is 1.27. The molecular weight excluding hydrogens is 232 g/mol. The standard InChI is InChI=1S/C11H17ClO2S/c12-11-6-5-10(14-11)9-15-8-4-2-1-3-7-13/h5-6,13H,1-4,7-9H2. The van der Waals surface area contributed by atoms with Gasteiger partial charge in [-0.25, -0.2) is 0 Å². The number of halogens is 1. The molecule has 0 bridgehead atoms. The summed E-state index contributed by atoms with van der Waals surface area (Å²) >= 11 is 7.52. The Morgan fingerprint density at radius 2 is 2.00 bits per heavy atom. The molecule has 0 saturated carbocycles. The minimum Gasteiger partial charge on any atom is -0.449 e. The lowest BCUT2D eigenvalue weighted by Crippen LogP contribution is -1.86. The largest absolute Gasteiger partial charge is 0.449 e. The molecule has 1 heterocycles. The normalized spacial score (nSPS) is 10.8. The van der Waals surface area contributed by atoms with E-state index in [2.05, 4.69) is 0 Å². The van der Waals surface area contributed by atoms with Crippen LogP contribution in [-0.4, -0.2) is 17.5 Å². The lowest BCUT2D eigenvalue weighted by Gasteiger charge is -1.99. The Kier molecular flexibility index (Phi) is 6.98. The highest BCUT2D eigenvalue weighted by Gasteiger charge is 1.99. The lowest BCUT2D eigenvalue weighted by molar-refractivity contribution is 0.283. The Morgan fingerprint density at radius 1 is 1.20 bits per heavy atom. The van der Waals surface area contributed by atoms with E-state index in [0.29, 0.717) is 11.8 Å². The number of unbranched alkanes of at least 4 members (excludes halogenated alkanes) is 3. The van der Waals surface area contributed by atoms with Crippen LogP contribution in [0, 0.1) is 0 Å². The average molecular weight is 249 g/mol. The Labute approximate surface area is 100 Å². The molecule has 0 aliphatic rings. The van der Waals surface area contributed by atoms with E-state index in [0.717, 1.165) is 30.1 Å². The van der Waals surface area contributed by atoms with E-state index in [9.17, 15) is 0 Å². The minimum atomic E-state index is 0.317. The molecule has 4 heteroatoms. The fraction of sp³-hybridized carbons (Fsp3) is 0.636. The fourth-order valence-corrected chi connectivity index (χ4v) is 2.34. The van der Waals surface area contributed by atoms with Crippen molar-refractivity contribution in [1.29, 1.82) is 0 Å². The number of furan rings is 1. The van der Waals surface area contributed by atoms with Crippen LogP contribution in [-0.2, 0) is 5.75 Å². The van der Waals surface area contributed by atoms with Crippen LogP contribution in [0.2, 0.25) is 5.22 Å². The predicted octanol–water partition coefficient (Wildman–Crippen LogP) is 3.72. The lowest BCUT2D eigenvalue weighted by atomic mass is 10.2. The molecule has 1 aromatic heterocycles. The summed E-state index contributed by atoms with van der Waals surface area (Å²) in [7, 11) is 0. The zero-order valence-electron chi connectivity index (χ0n) is 8.75. The van der Waals surface area contributed by atoms with Gasteiger partial charge in [-0.05, 0) is 42.3 Å². The van der Waals surface area contributed by atoms with Gasteiger partial charge < -0.3 is 9.52 Å². The topological polar surface area (TPSA) is 33.4 Å². The Hall–Kier alpha value is -0.120. The first-order chi connectivity index (χ1) is 7.33. The van der Waals surface area contributed by atoms with Crippen LogP contribution in [0.4, 0.5) is 0 Å². The van der Waals surface area contributed by atoms with Crippen molar-refractivity contribution in [3.8, 4) is 0 Å². The van der Waals surface area contributed by atoms with E-state index >= 15 is 0 Å². The summed E-state index contributed by atoms with van der Waals surface area (Å²) in [6.07, 6.45) is 4.47. The SMILES string of the molecule is OCCCCCCSCc1ccc(Cl)o1. The first-order valence-corrected chi connectivity index (χ1v) is 6.79. The second-order valence-electron chi connectivity index (χ2n) is 3.40. The number of thioether (sulfide) groups is 1. The van der Waals surface area contributed by atoms with E-state index in [1.165, 1.54) is 12.8 Å². The van der Waals surface area contributed by atoms with Gasteiger partial charge in [0.25, 0.3) is 0 Å². The molecule has 0 aromatic carbocycles. The van der Waals surface area contributed by atoms with Gasteiger partial charge in [-0.15, -0.1) is 0 Å². The number of aliphatic hydroxyl groups excluding tert-OH is 1. The van der Waals surface area contributed by atoms with Gasteiger partial charge in [0.2, 0.25) is 0 Å². The first kappa shape index (κ1) is 12.9. The van der Waals surface area contributed by atoms with Crippen LogP contribution < -0.4 is 0 Å². The molecule has 15 heavy (non-hydrogen) atoms. The maximum Gasteiger partial charge on any atom is 0.193 e. The van der Waals surface area contributed by atoms with Crippen LogP contribution in [0.5, 0.6) is 0 Å². The van der Waals surface area contributed by atoms with E-state index < -0.39 is 0 Å². The van der Waals surface area contributed by atoms with Gasteiger partial charge in [-0.1, -0.05) is 12.8 Å². The van der Waals surface area contributed by atoms with Gasteiger partial charge in [-0.3, -0.25) is 0 Å². The van der Waals surface area contributed by atoms with E-state index in [-0.39, 0.29) is 0 Å². The third-order valence-corrected chi connectivity index (χ3v) is 3.34.